The number of benzene rings is 1. The number of aromatic nitrogens is 3. The Labute approximate surface area is 154 Å². The third-order valence-corrected chi connectivity index (χ3v) is 4.19. The van der Waals surface area contributed by atoms with E-state index in [-0.39, 0.29) is 18.3 Å². The lowest BCUT2D eigenvalue weighted by molar-refractivity contribution is -0.119. The van der Waals surface area contributed by atoms with E-state index in [9.17, 15) is 9.59 Å². The SMILES string of the molecule is CC(C(=O)Nc1ccncc1)n1nc(-c2ccc3c(c2)OCO3)ccc1=O. The third kappa shape index (κ3) is 3.37. The standard InChI is InChI=1S/C19H16N4O4/c1-12(19(25)21-14-6-8-20-9-7-14)23-18(24)5-3-15(22-23)13-2-4-16-17(10-13)27-11-26-16/h2-10,12H,11H2,1H3,(H,20,21,25). The summed E-state index contributed by atoms with van der Waals surface area (Å²) in [6.45, 7) is 1.80. The smallest absolute Gasteiger partial charge is 0.267 e. The van der Waals surface area contributed by atoms with E-state index in [2.05, 4.69) is 15.4 Å². The first-order chi connectivity index (χ1) is 13.1. The van der Waals surface area contributed by atoms with E-state index in [1.807, 2.05) is 6.07 Å². The molecule has 4 rings (SSSR count). The summed E-state index contributed by atoms with van der Waals surface area (Å²) in [4.78, 5) is 28.7. The monoisotopic (exact) mass is 364 g/mol. The molecular weight excluding hydrogens is 348 g/mol. The first-order valence-electron chi connectivity index (χ1n) is 8.32. The number of fused-ring (bicyclic) bond motifs is 1. The largest absolute Gasteiger partial charge is 0.454 e. The third-order valence-electron chi connectivity index (χ3n) is 4.19. The zero-order chi connectivity index (χ0) is 18.8. The molecule has 1 amide bonds. The topological polar surface area (TPSA) is 95.3 Å². The molecule has 3 heterocycles. The molecule has 2 aromatic heterocycles. The maximum Gasteiger partial charge on any atom is 0.267 e. The molecule has 3 aromatic rings. The summed E-state index contributed by atoms with van der Waals surface area (Å²) in [6, 6.07) is 11.0. The lowest BCUT2D eigenvalue weighted by Crippen LogP contribution is -2.33. The first kappa shape index (κ1) is 16.8. The second-order valence-corrected chi connectivity index (χ2v) is 5.97. The van der Waals surface area contributed by atoms with E-state index >= 15 is 0 Å². The molecule has 0 saturated heterocycles. The number of anilines is 1. The van der Waals surface area contributed by atoms with Gasteiger partial charge in [-0.15, -0.1) is 0 Å². The fraction of sp³-hybridized carbons (Fsp3) is 0.158. The number of pyridine rings is 1. The summed E-state index contributed by atoms with van der Waals surface area (Å²) in [5.41, 5.74) is 1.55. The van der Waals surface area contributed by atoms with Crippen molar-refractivity contribution in [3.05, 3.63) is 65.2 Å². The molecule has 1 aliphatic rings. The van der Waals surface area contributed by atoms with Crippen molar-refractivity contribution in [2.75, 3.05) is 12.1 Å². The highest BCUT2D eigenvalue weighted by Crippen LogP contribution is 2.35. The Morgan fingerprint density at radius 2 is 1.89 bits per heavy atom. The number of hydrogen-bond acceptors (Lipinski definition) is 6. The molecule has 27 heavy (non-hydrogen) atoms. The van der Waals surface area contributed by atoms with Crippen molar-refractivity contribution in [2.45, 2.75) is 13.0 Å². The summed E-state index contributed by atoms with van der Waals surface area (Å²) < 4.78 is 11.8. The van der Waals surface area contributed by atoms with Crippen molar-refractivity contribution >= 4 is 11.6 Å². The first-order valence-corrected chi connectivity index (χ1v) is 8.32. The van der Waals surface area contributed by atoms with Crippen molar-refractivity contribution in [3.8, 4) is 22.8 Å². The Balaban J connectivity index is 1.62. The Kier molecular flexibility index (Phi) is 4.29. The molecule has 8 heteroatoms. The Morgan fingerprint density at radius 1 is 1.11 bits per heavy atom. The van der Waals surface area contributed by atoms with Crippen LogP contribution in [0.1, 0.15) is 13.0 Å². The van der Waals surface area contributed by atoms with Gasteiger partial charge < -0.3 is 14.8 Å². The van der Waals surface area contributed by atoms with E-state index in [1.54, 1.807) is 49.6 Å². The molecule has 1 aromatic carbocycles. The molecule has 0 radical (unpaired) electrons. The maximum atomic E-state index is 12.5. The molecule has 0 fully saturated rings. The van der Waals surface area contributed by atoms with Crippen LogP contribution >= 0.6 is 0 Å². The minimum Gasteiger partial charge on any atom is -0.454 e. The van der Waals surface area contributed by atoms with Gasteiger partial charge in [0.1, 0.15) is 6.04 Å². The van der Waals surface area contributed by atoms with Gasteiger partial charge in [-0.25, -0.2) is 4.68 Å². The van der Waals surface area contributed by atoms with Crippen LogP contribution in [0.15, 0.2) is 59.7 Å². The average Bonchev–Trinajstić information content (AvgIpc) is 3.16. The van der Waals surface area contributed by atoms with Gasteiger partial charge in [0.25, 0.3) is 5.56 Å². The highest BCUT2D eigenvalue weighted by atomic mass is 16.7. The molecule has 0 saturated carbocycles. The van der Waals surface area contributed by atoms with Gasteiger partial charge in [-0.2, -0.15) is 5.10 Å². The van der Waals surface area contributed by atoms with Crippen LogP contribution < -0.4 is 20.3 Å². The van der Waals surface area contributed by atoms with Crippen molar-refractivity contribution in [1.82, 2.24) is 14.8 Å². The number of nitrogens with one attached hydrogen (secondary N) is 1. The van der Waals surface area contributed by atoms with Crippen LogP contribution in [-0.2, 0) is 4.79 Å². The highest BCUT2D eigenvalue weighted by Gasteiger charge is 2.19. The Morgan fingerprint density at radius 3 is 2.70 bits per heavy atom. The molecule has 1 N–H and O–H groups in total. The van der Waals surface area contributed by atoms with Crippen LogP contribution in [0.4, 0.5) is 5.69 Å². The van der Waals surface area contributed by atoms with Crippen molar-refractivity contribution < 1.29 is 14.3 Å². The summed E-state index contributed by atoms with van der Waals surface area (Å²) in [6.07, 6.45) is 3.15. The van der Waals surface area contributed by atoms with Crippen LogP contribution in [0, 0.1) is 0 Å². The fourth-order valence-corrected chi connectivity index (χ4v) is 2.71. The Hall–Kier alpha value is -3.68. The quantitative estimate of drug-likeness (QED) is 0.763. The molecule has 1 unspecified atom stereocenters. The molecule has 8 nitrogen and oxygen atoms in total. The number of ether oxygens (including phenoxy) is 2. The molecule has 1 atom stereocenters. The highest BCUT2D eigenvalue weighted by molar-refractivity contribution is 5.93. The second kappa shape index (κ2) is 6.91. The van der Waals surface area contributed by atoms with E-state index in [0.29, 0.717) is 22.9 Å². The summed E-state index contributed by atoms with van der Waals surface area (Å²) >= 11 is 0. The zero-order valence-corrected chi connectivity index (χ0v) is 14.5. The van der Waals surface area contributed by atoms with Gasteiger partial charge in [0.2, 0.25) is 12.7 Å². The molecule has 0 aliphatic carbocycles. The maximum absolute atomic E-state index is 12.5. The van der Waals surface area contributed by atoms with E-state index < -0.39 is 6.04 Å². The van der Waals surface area contributed by atoms with Crippen LogP contribution in [0.2, 0.25) is 0 Å². The predicted octanol–water partition coefficient (Wildman–Crippen LogP) is 2.23. The molecule has 136 valence electrons. The van der Waals surface area contributed by atoms with E-state index in [4.69, 9.17) is 9.47 Å². The normalized spacial score (nSPS) is 13.2. The number of amides is 1. The number of carbonyl (C=O) groups is 1. The number of hydrogen-bond donors (Lipinski definition) is 1. The lowest BCUT2D eigenvalue weighted by Gasteiger charge is -2.15. The van der Waals surface area contributed by atoms with Crippen LogP contribution in [0.25, 0.3) is 11.3 Å². The lowest BCUT2D eigenvalue weighted by atomic mass is 10.1. The van der Waals surface area contributed by atoms with Gasteiger partial charge in [0, 0.05) is 29.7 Å². The van der Waals surface area contributed by atoms with Gasteiger partial charge in [-0.05, 0) is 43.3 Å². The van der Waals surface area contributed by atoms with Gasteiger partial charge in [0.15, 0.2) is 11.5 Å². The average molecular weight is 364 g/mol. The molecule has 0 bridgehead atoms. The summed E-state index contributed by atoms with van der Waals surface area (Å²) in [7, 11) is 0. The van der Waals surface area contributed by atoms with Gasteiger partial charge in [-0.1, -0.05) is 0 Å². The van der Waals surface area contributed by atoms with Crippen LogP contribution in [0.3, 0.4) is 0 Å². The number of rotatable bonds is 4. The minimum atomic E-state index is -0.792. The minimum absolute atomic E-state index is 0.178. The zero-order valence-electron chi connectivity index (χ0n) is 14.5. The van der Waals surface area contributed by atoms with E-state index in [1.165, 1.54) is 6.07 Å². The predicted molar refractivity (Wildman–Crippen MR) is 97.6 cm³/mol. The molecule has 0 spiro atoms. The van der Waals surface area contributed by atoms with E-state index in [0.717, 1.165) is 10.2 Å². The second-order valence-electron chi connectivity index (χ2n) is 5.97. The van der Waals surface area contributed by atoms with Crippen molar-refractivity contribution in [3.63, 3.8) is 0 Å². The molecule has 1 aliphatic heterocycles. The Bertz CT molecular complexity index is 1050. The van der Waals surface area contributed by atoms with Crippen LogP contribution in [0.5, 0.6) is 11.5 Å². The fourth-order valence-electron chi connectivity index (χ4n) is 2.71. The van der Waals surface area contributed by atoms with Gasteiger partial charge in [0.05, 0.1) is 5.69 Å². The van der Waals surface area contributed by atoms with Gasteiger partial charge in [-0.3, -0.25) is 14.6 Å². The molecular formula is C19H16N4O4. The van der Waals surface area contributed by atoms with Crippen LogP contribution in [-0.4, -0.2) is 27.5 Å². The van der Waals surface area contributed by atoms with Crippen molar-refractivity contribution in [2.24, 2.45) is 0 Å². The number of nitrogens with zero attached hydrogens (tertiary/aromatic N) is 3. The van der Waals surface area contributed by atoms with Crippen molar-refractivity contribution in [1.29, 1.82) is 0 Å². The number of carbonyl (C=O) groups excluding carboxylic acids is 1. The summed E-state index contributed by atoms with van der Waals surface area (Å²) in [5, 5.41) is 7.11. The van der Waals surface area contributed by atoms with Gasteiger partial charge >= 0.3 is 0 Å². The summed E-state index contributed by atoms with van der Waals surface area (Å²) in [5.74, 6) is 0.936.